The van der Waals surface area contributed by atoms with Crippen LogP contribution in [0.3, 0.4) is 0 Å². The number of hydrogen-bond acceptors (Lipinski definition) is 3. The molecular weight excluding hydrogens is 200 g/mol. The summed E-state index contributed by atoms with van der Waals surface area (Å²) in [6, 6.07) is 5.28. The number of aliphatic hydroxyl groups excluding tert-OH is 1. The molecule has 3 nitrogen and oxygen atoms in total. The number of rotatable bonds is 4. The number of hydrogen-bond donors (Lipinski definition) is 2. The van der Waals surface area contributed by atoms with Crippen molar-refractivity contribution in [1.82, 2.24) is 0 Å². The maximum atomic E-state index is 10.8. The lowest BCUT2D eigenvalue weighted by molar-refractivity contribution is 0.0696. The van der Waals surface area contributed by atoms with Crippen molar-refractivity contribution in [3.05, 3.63) is 29.3 Å². The van der Waals surface area contributed by atoms with E-state index in [0.717, 1.165) is 10.5 Å². The van der Waals surface area contributed by atoms with Crippen LogP contribution in [0.2, 0.25) is 0 Å². The Morgan fingerprint density at radius 3 is 2.79 bits per heavy atom. The van der Waals surface area contributed by atoms with E-state index in [9.17, 15) is 4.79 Å². The van der Waals surface area contributed by atoms with Gasteiger partial charge in [-0.05, 0) is 24.6 Å². The molecule has 0 unspecified atom stereocenters. The molecule has 0 bridgehead atoms. The number of aryl methyl sites for hydroxylation is 1. The fraction of sp³-hybridized carbons (Fsp3) is 0.300. The quantitative estimate of drug-likeness (QED) is 0.747. The molecule has 1 aromatic rings. The zero-order chi connectivity index (χ0) is 10.6. The third-order valence-corrected chi connectivity index (χ3v) is 2.77. The SMILES string of the molecule is Cc1ccc(SCCO)cc1C(=O)O. The minimum atomic E-state index is -0.908. The summed E-state index contributed by atoms with van der Waals surface area (Å²) in [5, 5.41) is 17.5. The third-order valence-electron chi connectivity index (χ3n) is 1.80. The van der Waals surface area contributed by atoms with Gasteiger partial charge in [0.2, 0.25) is 0 Å². The number of aliphatic hydroxyl groups is 1. The Morgan fingerprint density at radius 1 is 1.50 bits per heavy atom. The van der Waals surface area contributed by atoms with Gasteiger partial charge in [0.15, 0.2) is 0 Å². The normalized spacial score (nSPS) is 10.1. The van der Waals surface area contributed by atoms with Crippen molar-refractivity contribution in [2.24, 2.45) is 0 Å². The highest BCUT2D eigenvalue weighted by Crippen LogP contribution is 2.21. The predicted octanol–water partition coefficient (Wildman–Crippen LogP) is 1.78. The van der Waals surface area contributed by atoms with Gasteiger partial charge < -0.3 is 10.2 Å². The Morgan fingerprint density at radius 2 is 2.21 bits per heavy atom. The minimum absolute atomic E-state index is 0.0982. The maximum Gasteiger partial charge on any atom is 0.335 e. The predicted molar refractivity (Wildman–Crippen MR) is 55.9 cm³/mol. The first kappa shape index (κ1) is 11.1. The number of carboxylic acid groups (broad SMARTS) is 1. The van der Waals surface area contributed by atoms with Crippen LogP contribution < -0.4 is 0 Å². The molecule has 1 rings (SSSR count). The number of benzene rings is 1. The average Bonchev–Trinajstić information content (AvgIpc) is 2.16. The molecule has 14 heavy (non-hydrogen) atoms. The van der Waals surface area contributed by atoms with Crippen LogP contribution in [0, 0.1) is 6.92 Å². The first-order valence-electron chi connectivity index (χ1n) is 4.22. The average molecular weight is 212 g/mol. The molecule has 0 heterocycles. The largest absolute Gasteiger partial charge is 0.478 e. The molecule has 0 saturated heterocycles. The Kier molecular flexibility index (Phi) is 3.98. The van der Waals surface area contributed by atoms with Crippen LogP contribution in [-0.4, -0.2) is 28.5 Å². The highest BCUT2D eigenvalue weighted by Gasteiger charge is 2.07. The molecule has 2 N–H and O–H groups in total. The van der Waals surface area contributed by atoms with Crippen molar-refractivity contribution < 1.29 is 15.0 Å². The zero-order valence-corrected chi connectivity index (χ0v) is 8.67. The molecule has 4 heteroatoms. The van der Waals surface area contributed by atoms with E-state index in [0.29, 0.717) is 11.3 Å². The van der Waals surface area contributed by atoms with E-state index in [1.54, 1.807) is 19.1 Å². The van der Waals surface area contributed by atoms with Crippen LogP contribution in [-0.2, 0) is 0 Å². The minimum Gasteiger partial charge on any atom is -0.478 e. The maximum absolute atomic E-state index is 10.8. The summed E-state index contributed by atoms with van der Waals surface area (Å²) in [6.07, 6.45) is 0. The van der Waals surface area contributed by atoms with Gasteiger partial charge in [-0.15, -0.1) is 11.8 Å². The van der Waals surface area contributed by atoms with Crippen molar-refractivity contribution in [2.75, 3.05) is 12.4 Å². The lowest BCUT2D eigenvalue weighted by Gasteiger charge is -2.04. The van der Waals surface area contributed by atoms with E-state index in [-0.39, 0.29) is 6.61 Å². The van der Waals surface area contributed by atoms with Gasteiger partial charge in [-0.2, -0.15) is 0 Å². The second-order valence-corrected chi connectivity index (χ2v) is 4.02. The molecule has 0 spiro atoms. The van der Waals surface area contributed by atoms with Gasteiger partial charge in [0.1, 0.15) is 0 Å². The lowest BCUT2D eigenvalue weighted by atomic mass is 10.1. The van der Waals surface area contributed by atoms with Crippen LogP contribution in [0.25, 0.3) is 0 Å². The van der Waals surface area contributed by atoms with Crippen LogP contribution in [0.4, 0.5) is 0 Å². The second kappa shape index (κ2) is 5.02. The molecule has 0 atom stereocenters. The van der Waals surface area contributed by atoms with Gasteiger partial charge in [0.05, 0.1) is 12.2 Å². The molecule has 0 amide bonds. The molecule has 1 aromatic carbocycles. The summed E-state index contributed by atoms with van der Waals surface area (Å²) in [6.45, 7) is 1.87. The van der Waals surface area contributed by atoms with Crippen molar-refractivity contribution in [1.29, 1.82) is 0 Å². The topological polar surface area (TPSA) is 57.5 Å². The monoisotopic (exact) mass is 212 g/mol. The van der Waals surface area contributed by atoms with Crippen LogP contribution in [0.15, 0.2) is 23.1 Å². The summed E-state index contributed by atoms with van der Waals surface area (Å²) in [7, 11) is 0. The molecule has 0 aliphatic carbocycles. The summed E-state index contributed by atoms with van der Waals surface area (Å²) >= 11 is 1.45. The van der Waals surface area contributed by atoms with Gasteiger partial charge in [-0.3, -0.25) is 0 Å². The Labute approximate surface area is 86.8 Å². The molecule has 0 radical (unpaired) electrons. The highest BCUT2D eigenvalue weighted by molar-refractivity contribution is 7.99. The standard InChI is InChI=1S/C10H12O3S/c1-7-2-3-8(14-5-4-11)6-9(7)10(12)13/h2-3,6,11H,4-5H2,1H3,(H,12,13). The molecule has 0 fully saturated rings. The van der Waals surface area contributed by atoms with E-state index in [4.69, 9.17) is 10.2 Å². The van der Waals surface area contributed by atoms with Gasteiger partial charge in [-0.25, -0.2) is 4.79 Å². The lowest BCUT2D eigenvalue weighted by Crippen LogP contribution is -1.99. The number of aromatic carboxylic acids is 1. The second-order valence-electron chi connectivity index (χ2n) is 2.85. The summed E-state index contributed by atoms with van der Waals surface area (Å²) in [5.41, 5.74) is 1.08. The van der Waals surface area contributed by atoms with E-state index in [1.807, 2.05) is 6.07 Å². The van der Waals surface area contributed by atoms with Crippen molar-refractivity contribution in [3.63, 3.8) is 0 Å². The Balaban J connectivity index is 2.89. The van der Waals surface area contributed by atoms with E-state index < -0.39 is 5.97 Å². The Bertz CT molecular complexity index is 336. The third kappa shape index (κ3) is 2.75. The molecular formula is C10H12O3S. The van der Waals surface area contributed by atoms with Crippen LogP contribution in [0.1, 0.15) is 15.9 Å². The van der Waals surface area contributed by atoms with Gasteiger partial charge in [0.25, 0.3) is 0 Å². The summed E-state index contributed by atoms with van der Waals surface area (Å²) in [5.74, 6) is -0.323. The van der Waals surface area contributed by atoms with Gasteiger partial charge in [-0.1, -0.05) is 6.07 Å². The first-order valence-corrected chi connectivity index (χ1v) is 5.21. The number of thioether (sulfide) groups is 1. The van der Waals surface area contributed by atoms with Gasteiger partial charge >= 0.3 is 5.97 Å². The first-order chi connectivity index (χ1) is 6.65. The molecule has 0 aliphatic heterocycles. The van der Waals surface area contributed by atoms with Crippen LogP contribution in [0.5, 0.6) is 0 Å². The molecule has 0 saturated carbocycles. The molecule has 0 aromatic heterocycles. The van der Waals surface area contributed by atoms with E-state index in [2.05, 4.69) is 0 Å². The smallest absolute Gasteiger partial charge is 0.335 e. The number of carbonyl (C=O) groups is 1. The number of carboxylic acids is 1. The summed E-state index contributed by atoms with van der Waals surface area (Å²) in [4.78, 5) is 11.7. The Hall–Kier alpha value is -1.00. The van der Waals surface area contributed by atoms with Gasteiger partial charge in [0, 0.05) is 10.6 Å². The fourth-order valence-electron chi connectivity index (χ4n) is 1.08. The fourth-order valence-corrected chi connectivity index (χ4v) is 1.78. The summed E-state index contributed by atoms with van der Waals surface area (Å²) < 4.78 is 0. The van der Waals surface area contributed by atoms with E-state index >= 15 is 0 Å². The van der Waals surface area contributed by atoms with Crippen LogP contribution >= 0.6 is 11.8 Å². The highest BCUT2D eigenvalue weighted by atomic mass is 32.2. The van der Waals surface area contributed by atoms with E-state index in [1.165, 1.54) is 11.8 Å². The van der Waals surface area contributed by atoms with Crippen molar-refractivity contribution >= 4 is 17.7 Å². The zero-order valence-electron chi connectivity index (χ0n) is 7.86. The van der Waals surface area contributed by atoms with Crippen molar-refractivity contribution in [2.45, 2.75) is 11.8 Å². The molecule has 76 valence electrons. The molecule has 0 aliphatic rings. The van der Waals surface area contributed by atoms with Crippen molar-refractivity contribution in [3.8, 4) is 0 Å².